The van der Waals surface area contributed by atoms with E-state index in [4.69, 9.17) is 0 Å². The standard InChI is InChI=1S/C20H26FN5O/c1-13-4-5-14(12-17(13)21)19(27)23-15-6-8-16(9-7-15)24-20-22-11-10-18(25-20)26(2)3/h4-5,10-12,15-16H,6-9H2,1-3H3,(H,23,27)(H,22,24,25)/t15-,16+. The lowest BCUT2D eigenvalue weighted by molar-refractivity contribution is 0.0926. The molecule has 0 unspecified atom stereocenters. The number of aryl methyl sites for hydroxylation is 1. The van der Waals surface area contributed by atoms with Crippen molar-refractivity contribution < 1.29 is 9.18 Å². The summed E-state index contributed by atoms with van der Waals surface area (Å²) in [6, 6.07) is 6.85. The second kappa shape index (κ2) is 8.33. The van der Waals surface area contributed by atoms with Gasteiger partial charge in [-0.25, -0.2) is 9.37 Å². The number of carbonyl (C=O) groups is 1. The molecular weight excluding hydrogens is 345 g/mol. The van der Waals surface area contributed by atoms with Crippen LogP contribution in [-0.4, -0.2) is 42.1 Å². The molecule has 1 aliphatic carbocycles. The van der Waals surface area contributed by atoms with Gasteiger partial charge < -0.3 is 15.5 Å². The Labute approximate surface area is 159 Å². The number of rotatable bonds is 5. The molecule has 0 radical (unpaired) electrons. The van der Waals surface area contributed by atoms with Gasteiger partial charge in [0.25, 0.3) is 5.91 Å². The molecule has 0 atom stereocenters. The lowest BCUT2D eigenvalue weighted by Crippen LogP contribution is -2.40. The Hall–Kier alpha value is -2.70. The summed E-state index contributed by atoms with van der Waals surface area (Å²) in [5.74, 6) is 0.922. The predicted octanol–water partition coefficient (Wildman–Crippen LogP) is 3.14. The zero-order valence-electron chi connectivity index (χ0n) is 16.0. The van der Waals surface area contributed by atoms with Gasteiger partial charge in [0.2, 0.25) is 5.95 Å². The van der Waals surface area contributed by atoms with E-state index in [0.717, 1.165) is 31.5 Å². The van der Waals surface area contributed by atoms with Crippen LogP contribution in [0.3, 0.4) is 0 Å². The van der Waals surface area contributed by atoms with E-state index in [0.29, 0.717) is 17.1 Å². The fourth-order valence-electron chi connectivity index (χ4n) is 3.24. The van der Waals surface area contributed by atoms with E-state index in [1.165, 1.54) is 6.07 Å². The molecule has 1 aliphatic rings. The number of amides is 1. The fraction of sp³-hybridized carbons (Fsp3) is 0.450. The summed E-state index contributed by atoms with van der Waals surface area (Å²) < 4.78 is 13.7. The van der Waals surface area contributed by atoms with Gasteiger partial charge in [0.1, 0.15) is 11.6 Å². The van der Waals surface area contributed by atoms with Gasteiger partial charge in [-0.3, -0.25) is 4.79 Å². The maximum absolute atomic E-state index is 13.7. The summed E-state index contributed by atoms with van der Waals surface area (Å²) in [6.45, 7) is 1.68. The smallest absolute Gasteiger partial charge is 0.251 e. The molecule has 0 saturated heterocycles. The van der Waals surface area contributed by atoms with Gasteiger partial charge in [0, 0.05) is 37.9 Å². The van der Waals surface area contributed by atoms with E-state index in [1.807, 2.05) is 25.1 Å². The molecule has 1 fully saturated rings. The zero-order chi connectivity index (χ0) is 19.4. The topological polar surface area (TPSA) is 70.2 Å². The lowest BCUT2D eigenvalue weighted by Gasteiger charge is -2.29. The first kappa shape index (κ1) is 19.1. The van der Waals surface area contributed by atoms with Gasteiger partial charge in [-0.05, 0) is 56.4 Å². The minimum Gasteiger partial charge on any atom is -0.363 e. The molecular formula is C20H26FN5O. The number of carbonyl (C=O) groups excluding carboxylic acids is 1. The second-order valence-corrected chi connectivity index (χ2v) is 7.26. The lowest BCUT2D eigenvalue weighted by atomic mass is 9.91. The number of anilines is 2. The summed E-state index contributed by atoms with van der Waals surface area (Å²) in [4.78, 5) is 23.0. The first-order valence-electron chi connectivity index (χ1n) is 9.26. The number of halogens is 1. The average Bonchev–Trinajstić information content (AvgIpc) is 2.65. The van der Waals surface area contributed by atoms with E-state index in [-0.39, 0.29) is 23.8 Å². The molecule has 7 heteroatoms. The van der Waals surface area contributed by atoms with Gasteiger partial charge in [-0.2, -0.15) is 4.98 Å². The Balaban J connectivity index is 1.50. The second-order valence-electron chi connectivity index (χ2n) is 7.26. The van der Waals surface area contributed by atoms with E-state index in [1.54, 1.807) is 25.3 Å². The third kappa shape index (κ3) is 4.93. The monoisotopic (exact) mass is 371 g/mol. The first-order valence-corrected chi connectivity index (χ1v) is 9.26. The van der Waals surface area contributed by atoms with Crippen LogP contribution in [0.5, 0.6) is 0 Å². The van der Waals surface area contributed by atoms with Crippen LogP contribution in [0.25, 0.3) is 0 Å². The fourth-order valence-corrected chi connectivity index (χ4v) is 3.24. The zero-order valence-corrected chi connectivity index (χ0v) is 16.0. The first-order chi connectivity index (χ1) is 12.9. The van der Waals surface area contributed by atoms with Gasteiger partial charge >= 0.3 is 0 Å². The Morgan fingerprint density at radius 3 is 2.52 bits per heavy atom. The number of nitrogens with one attached hydrogen (secondary N) is 2. The molecule has 2 aromatic rings. The number of hydrogen-bond acceptors (Lipinski definition) is 5. The molecule has 1 amide bonds. The van der Waals surface area contributed by atoms with Crippen LogP contribution in [-0.2, 0) is 0 Å². The van der Waals surface area contributed by atoms with Crippen LogP contribution in [0.15, 0.2) is 30.5 Å². The third-order valence-electron chi connectivity index (χ3n) is 4.93. The Morgan fingerprint density at radius 2 is 1.85 bits per heavy atom. The molecule has 0 spiro atoms. The summed E-state index contributed by atoms with van der Waals surface area (Å²) >= 11 is 0. The van der Waals surface area contributed by atoms with Crippen molar-refractivity contribution in [3.8, 4) is 0 Å². The molecule has 1 aromatic heterocycles. The van der Waals surface area contributed by atoms with Gasteiger partial charge in [0.15, 0.2) is 0 Å². The Bertz CT molecular complexity index is 803. The molecule has 0 aliphatic heterocycles. The van der Waals surface area contributed by atoms with Crippen molar-refractivity contribution in [3.05, 3.63) is 47.4 Å². The van der Waals surface area contributed by atoms with E-state index in [2.05, 4.69) is 20.6 Å². The highest BCUT2D eigenvalue weighted by Crippen LogP contribution is 2.22. The van der Waals surface area contributed by atoms with Crippen molar-refractivity contribution in [2.45, 2.75) is 44.7 Å². The predicted molar refractivity (Wildman–Crippen MR) is 105 cm³/mol. The molecule has 2 N–H and O–H groups in total. The molecule has 0 bridgehead atoms. The maximum Gasteiger partial charge on any atom is 0.251 e. The normalized spacial score (nSPS) is 19.4. The van der Waals surface area contributed by atoms with Crippen molar-refractivity contribution in [2.75, 3.05) is 24.3 Å². The molecule has 27 heavy (non-hydrogen) atoms. The largest absolute Gasteiger partial charge is 0.363 e. The molecule has 1 saturated carbocycles. The molecule has 1 aromatic carbocycles. The molecule has 3 rings (SSSR count). The van der Waals surface area contributed by atoms with E-state index >= 15 is 0 Å². The van der Waals surface area contributed by atoms with Gasteiger partial charge in [-0.15, -0.1) is 0 Å². The van der Waals surface area contributed by atoms with E-state index in [9.17, 15) is 9.18 Å². The minimum atomic E-state index is -0.351. The van der Waals surface area contributed by atoms with Crippen LogP contribution >= 0.6 is 0 Å². The highest BCUT2D eigenvalue weighted by Gasteiger charge is 2.23. The molecule has 144 valence electrons. The van der Waals surface area contributed by atoms with Crippen molar-refractivity contribution in [3.63, 3.8) is 0 Å². The minimum absolute atomic E-state index is 0.106. The van der Waals surface area contributed by atoms with Crippen molar-refractivity contribution in [1.29, 1.82) is 0 Å². The molecule has 6 nitrogen and oxygen atoms in total. The highest BCUT2D eigenvalue weighted by molar-refractivity contribution is 5.94. The van der Waals surface area contributed by atoms with Crippen molar-refractivity contribution >= 4 is 17.7 Å². The quantitative estimate of drug-likeness (QED) is 0.845. The summed E-state index contributed by atoms with van der Waals surface area (Å²) in [7, 11) is 3.89. The third-order valence-corrected chi connectivity index (χ3v) is 4.93. The summed E-state index contributed by atoms with van der Waals surface area (Å²) in [5.41, 5.74) is 0.908. The summed E-state index contributed by atoms with van der Waals surface area (Å²) in [5, 5.41) is 6.40. The molecule has 1 heterocycles. The number of aromatic nitrogens is 2. The maximum atomic E-state index is 13.7. The van der Waals surface area contributed by atoms with Crippen molar-refractivity contribution in [1.82, 2.24) is 15.3 Å². The summed E-state index contributed by atoms with van der Waals surface area (Å²) in [6.07, 6.45) is 5.32. The van der Waals surface area contributed by atoms with Crippen LogP contribution < -0.4 is 15.5 Å². The number of hydrogen-bond donors (Lipinski definition) is 2. The van der Waals surface area contributed by atoms with Crippen LogP contribution in [0.2, 0.25) is 0 Å². The van der Waals surface area contributed by atoms with Gasteiger partial charge in [0.05, 0.1) is 0 Å². The van der Waals surface area contributed by atoms with Crippen LogP contribution in [0.4, 0.5) is 16.2 Å². The van der Waals surface area contributed by atoms with Crippen LogP contribution in [0.1, 0.15) is 41.6 Å². The van der Waals surface area contributed by atoms with Crippen LogP contribution in [0, 0.1) is 12.7 Å². The van der Waals surface area contributed by atoms with Gasteiger partial charge in [-0.1, -0.05) is 6.07 Å². The number of nitrogens with zero attached hydrogens (tertiary/aromatic N) is 3. The van der Waals surface area contributed by atoms with E-state index < -0.39 is 0 Å². The number of benzene rings is 1. The van der Waals surface area contributed by atoms with Crippen molar-refractivity contribution in [2.24, 2.45) is 0 Å². The Morgan fingerprint density at radius 1 is 1.15 bits per heavy atom. The average molecular weight is 371 g/mol. The Kier molecular flexibility index (Phi) is 5.88. The SMILES string of the molecule is Cc1ccc(C(=O)N[C@H]2CC[C@@H](Nc3nccc(N(C)C)n3)CC2)cc1F. The highest BCUT2D eigenvalue weighted by atomic mass is 19.1.